The predicted octanol–water partition coefficient (Wildman–Crippen LogP) is -5.70. The van der Waals surface area contributed by atoms with E-state index in [2.05, 4.69) is 0 Å². The van der Waals surface area contributed by atoms with Crippen molar-refractivity contribution in [3.63, 3.8) is 0 Å². The third-order valence-electron chi connectivity index (χ3n) is 0. The van der Waals surface area contributed by atoms with E-state index in [1.165, 1.54) is 0 Å². The van der Waals surface area contributed by atoms with Crippen molar-refractivity contribution in [2.24, 2.45) is 0 Å². The monoisotopic (exact) mass is 413 g/mol. The first-order valence-electron chi connectivity index (χ1n) is 0.733. The maximum absolute atomic E-state index is 7.00. The highest BCUT2D eigenvalue weighted by Gasteiger charge is 0.709. The zero-order valence-corrected chi connectivity index (χ0v) is 10.8. The molecule has 0 aliphatic carbocycles. The summed E-state index contributed by atoms with van der Waals surface area (Å²) in [6.07, 6.45) is 0. The maximum atomic E-state index is 7.00. The molecule has 0 aromatic rings. The molecule has 22 heteroatoms. The Kier molecular flexibility index (Phi) is 162000. The summed E-state index contributed by atoms with van der Waals surface area (Å²) in [5.41, 5.74) is 0. The van der Waals surface area contributed by atoms with Crippen molar-refractivity contribution in [2.45, 2.75) is 7.43 Å². The van der Waals surface area contributed by atoms with E-state index in [1.807, 2.05) is 0 Å². The highest BCUT2D eigenvalue weighted by atomic mass is 16.7. The summed E-state index contributed by atoms with van der Waals surface area (Å²) >= 11 is 0. The van der Waals surface area contributed by atoms with Gasteiger partial charge in [-0.1, -0.05) is 7.43 Å². The van der Waals surface area contributed by atoms with Crippen LogP contribution in [0.25, 0.3) is 0 Å². The van der Waals surface area contributed by atoms with Gasteiger partial charge in [0, 0.05) is 41.4 Å². The highest BCUT2D eigenvalue weighted by molar-refractivity contribution is 4.08. The van der Waals surface area contributed by atoms with E-state index in [9.17, 15) is 0 Å². The summed E-state index contributed by atoms with van der Waals surface area (Å²) in [7, 11) is 0. The summed E-state index contributed by atoms with van der Waals surface area (Å²) in [5.74, 6) is 0. The van der Waals surface area contributed by atoms with Gasteiger partial charge in [0.05, 0.1) is 0 Å². The zero-order chi connectivity index (χ0) is 8.00. The average molecular weight is 414 g/mol. The number of rotatable bonds is 0. The van der Waals surface area contributed by atoms with Gasteiger partial charge >= 0.3 is 38.5 Å². The molecule has 0 atom stereocenters. The molecule has 0 bridgehead atoms. The molecule has 0 rings (SSSR count). The van der Waals surface area contributed by atoms with Crippen LogP contribution in [0, 0.1) is 41.4 Å². The molecule has 0 aliphatic heterocycles. The third-order valence-corrected chi connectivity index (χ3v) is 0. The van der Waals surface area contributed by atoms with Crippen molar-refractivity contribution >= 4 is 0 Å². The Balaban J connectivity index is -0.0000000000758. The molecule has 0 saturated heterocycles. The van der Waals surface area contributed by atoms with Crippen LogP contribution in [0.3, 0.4) is 0 Å². The fourth-order valence-electron chi connectivity index (χ4n) is 0. The molecule has 0 spiro atoms. The second-order valence-corrected chi connectivity index (χ2v) is 0. The van der Waals surface area contributed by atoms with Crippen molar-refractivity contribution in [3.05, 3.63) is 19.9 Å². The summed E-state index contributed by atoms with van der Waals surface area (Å²) < 4.78 is 0. The van der Waals surface area contributed by atoms with Crippen LogP contribution in [0.5, 0.6) is 0 Å². The smallest absolute Gasteiger partial charge is 0.412 e. The van der Waals surface area contributed by atoms with E-state index in [-0.39, 0.29) is 124 Å². The molecule has 22 nitrogen and oxygen atoms in total. The lowest BCUT2D eigenvalue weighted by Gasteiger charge is -0.707. The molecule has 0 fully saturated rings. The topological polar surface area (TPSA) is 611 Å². The maximum Gasteiger partial charge on any atom is 1.00 e. The van der Waals surface area contributed by atoms with Crippen LogP contribution in [-0.2, 0) is 0 Å². The van der Waals surface area contributed by atoms with Gasteiger partial charge in [0.2, 0.25) is 0 Å². The number of nitrogens with zero attached hydrogens (tertiary/aromatic N) is 4. The molecule has 23 heavy (non-hydrogen) atoms. The van der Waals surface area contributed by atoms with E-state index in [1.54, 1.807) is 0 Å². The normalized spacial score (nSPS) is 0.522. The van der Waals surface area contributed by atoms with Crippen molar-refractivity contribution in [1.82, 2.24) is 12.3 Å². The molecule has 0 saturated carbocycles. The van der Waals surface area contributed by atoms with Crippen LogP contribution in [0.4, 0.5) is 0 Å². The minimum Gasteiger partial charge on any atom is -0.412 e. The van der Waals surface area contributed by atoms with Crippen LogP contribution in [0.15, 0.2) is 0 Å². The van der Waals surface area contributed by atoms with Gasteiger partial charge in [-0.3, -0.25) is 0 Å². The average Bonchev–Trinajstić information content (AvgIpc) is 2.03. The van der Waals surface area contributed by atoms with Gasteiger partial charge in [-0.05, 0) is 0 Å². The Labute approximate surface area is 168 Å². The van der Waals surface area contributed by atoms with E-state index < -0.39 is 0 Å². The Morgan fingerprint density at radius 3 is 0.348 bits per heavy atom. The first kappa shape index (κ1) is 3550. The lowest BCUT2D eigenvalue weighted by molar-refractivity contribution is 0.823. The van der Waals surface area contributed by atoms with Crippen LogP contribution in [0.1, 0.15) is 45.9 Å². The fraction of sp³-hybridized carbons (Fsp3) is 1.00. The Bertz CT molecular complexity index is 105. The van der Waals surface area contributed by atoms with Crippen LogP contribution < -0.4 is 12.3 Å². The molecule has 0 aromatic carbocycles. The molecule has 30 N–H and O–H groups in total. The van der Waals surface area contributed by atoms with Crippen LogP contribution >= 0.6 is 0 Å². The first-order chi connectivity index (χ1) is 4.00. The predicted molar refractivity (Wildman–Crippen MR) is 111 cm³/mol. The van der Waals surface area contributed by atoms with E-state index in [0.717, 1.165) is 0 Å². The van der Waals surface area contributed by atoms with Crippen molar-refractivity contribution in [3.8, 4) is 0 Å². The van der Waals surface area contributed by atoms with Crippen molar-refractivity contribution < 1.29 is 104 Å². The quantitative estimate of drug-likeness (QED) is 0.354. The molecule has 164 valence electrons. The molecule has 0 aliphatic rings. The first-order valence-corrected chi connectivity index (χ1v) is 0.733. The highest BCUT2D eigenvalue weighted by Crippen LogP contribution is 0.743. The number of hydrogen-bond donors (Lipinski definition) is 2. The lowest BCUT2D eigenvalue weighted by atomic mass is 12.0. The third kappa shape index (κ3) is 937. The molecule has 0 radical (unpaired) electrons. The second kappa shape index (κ2) is 1050. The largest absolute Gasteiger partial charge is 1.00 e. The summed E-state index contributed by atoms with van der Waals surface area (Å²) in [6.45, 7) is 0. The van der Waals surface area contributed by atoms with Gasteiger partial charge in [-0.15, -0.1) is 0 Å². The molecule has 0 heterocycles. The van der Waals surface area contributed by atoms with Gasteiger partial charge in [0.1, 0.15) is 0 Å². The van der Waals surface area contributed by atoms with Crippen molar-refractivity contribution in [1.29, 1.82) is 21.6 Å². The Morgan fingerprint density at radius 1 is 0.348 bits per heavy atom. The second-order valence-electron chi connectivity index (χ2n) is 0. The van der Waals surface area contributed by atoms with Crippen LogP contribution in [0.2, 0.25) is 0 Å². The molecular formula is CH61N6O16+27. The van der Waals surface area contributed by atoms with E-state index in [4.69, 9.17) is 41.4 Å². The molecule has 0 unspecified atom stereocenters. The lowest BCUT2D eigenvalue weighted by Crippen LogP contribution is -0.674. The van der Waals surface area contributed by atoms with E-state index >= 15 is 0 Å². The fourth-order valence-corrected chi connectivity index (χ4v) is 0. The number of hydrogen-bond acceptors (Lipinski definition) is 10. The van der Waals surface area contributed by atoms with E-state index in [0.29, 0.717) is 0 Å². The summed E-state index contributed by atoms with van der Waals surface area (Å²) in [6, 6.07) is 0. The zero-order valence-electron chi connectivity index (χ0n) is 37.8. The van der Waals surface area contributed by atoms with Gasteiger partial charge in [0.15, 0.2) is 0 Å². The Morgan fingerprint density at radius 2 is 0.348 bits per heavy atom. The standard InChI is InChI=1S/CH4.2N2.2H3N.2O2.12H2O/c;2*1-2;;;2*1-2;;;;;;;;;;;;/h1H4;;;2*1H3;;;12*1H2/p+27. The minimum absolute atomic E-state index is 0. The SMILES string of the molecule is C.N.N.N#N.N#N.O.O.O.O.O.O.O.O.O.O.O.O.O=O.O=O.[H+].[H+].[H+].[H+].[H+].[H+].[H+].[H+].[H+].[H+].[H+].[H+].[H+].[H+].[H+].[H+].[H+].[H+].[H+].[H+].[H+].[H+].[H+].[H+].[H+].[H+].[H+]. The van der Waals surface area contributed by atoms with Gasteiger partial charge in [-0.2, -0.15) is 0 Å². The van der Waals surface area contributed by atoms with Gasteiger partial charge in [-0.25, -0.2) is 0 Å². The summed E-state index contributed by atoms with van der Waals surface area (Å²) in [4.78, 5) is 28.0. The van der Waals surface area contributed by atoms with Crippen LogP contribution in [-0.4, -0.2) is 65.7 Å². The molecule has 0 amide bonds. The van der Waals surface area contributed by atoms with Gasteiger partial charge in [0.25, 0.3) is 0 Å². The minimum atomic E-state index is 0. The van der Waals surface area contributed by atoms with Gasteiger partial charge < -0.3 is 78.0 Å². The summed E-state index contributed by atoms with van der Waals surface area (Å²) in [5, 5.41) is 24.0. The van der Waals surface area contributed by atoms with Crippen molar-refractivity contribution in [2.75, 3.05) is 0 Å². The molecular weight excluding hydrogens is 352 g/mol. The molecule has 0 aromatic heterocycles. The Hall–Kier alpha value is -2.52.